The quantitative estimate of drug-likeness (QED) is 0.513. The van der Waals surface area contributed by atoms with Crippen molar-refractivity contribution in [2.75, 3.05) is 33.3 Å². The molecule has 0 aliphatic carbocycles. The molecule has 3 rings (SSSR count). The van der Waals surface area contributed by atoms with Crippen molar-refractivity contribution in [3.63, 3.8) is 0 Å². The van der Waals surface area contributed by atoms with Gasteiger partial charge in [-0.25, -0.2) is 0 Å². The summed E-state index contributed by atoms with van der Waals surface area (Å²) in [5.41, 5.74) is 2.43. The van der Waals surface area contributed by atoms with Gasteiger partial charge in [-0.15, -0.1) is 0 Å². The normalized spacial score (nSPS) is 16.3. The summed E-state index contributed by atoms with van der Waals surface area (Å²) in [6, 6.07) is 12.6. The summed E-state index contributed by atoms with van der Waals surface area (Å²) in [5, 5.41) is 6.90. The maximum Gasteiger partial charge on any atom is 0.191 e. The molecular formula is C22H32N4O2. The fourth-order valence-electron chi connectivity index (χ4n) is 3.62. The first-order valence-electron chi connectivity index (χ1n) is 10.2. The molecule has 2 heterocycles. The van der Waals surface area contributed by atoms with Gasteiger partial charge in [0.1, 0.15) is 5.76 Å². The van der Waals surface area contributed by atoms with Gasteiger partial charge in [-0.1, -0.05) is 24.3 Å². The molecule has 1 atom stereocenters. The van der Waals surface area contributed by atoms with Crippen molar-refractivity contribution in [3.05, 3.63) is 59.5 Å². The van der Waals surface area contributed by atoms with Crippen LogP contribution in [0.15, 0.2) is 52.1 Å². The van der Waals surface area contributed by atoms with Crippen LogP contribution in [-0.2, 0) is 17.9 Å². The molecule has 6 heteroatoms. The van der Waals surface area contributed by atoms with E-state index in [1.165, 1.54) is 24.0 Å². The third-order valence-corrected chi connectivity index (χ3v) is 5.17. The number of benzene rings is 1. The maximum atomic E-state index is 5.70. The highest BCUT2D eigenvalue weighted by Gasteiger charge is 2.25. The van der Waals surface area contributed by atoms with Gasteiger partial charge >= 0.3 is 0 Å². The summed E-state index contributed by atoms with van der Waals surface area (Å²) in [7, 11) is 1.80. The molecule has 1 aromatic heterocycles. The third-order valence-electron chi connectivity index (χ3n) is 5.17. The number of hydrogen-bond donors (Lipinski definition) is 2. The Morgan fingerprint density at radius 3 is 2.61 bits per heavy atom. The smallest absolute Gasteiger partial charge is 0.191 e. The van der Waals surface area contributed by atoms with E-state index in [-0.39, 0.29) is 6.04 Å². The first-order chi connectivity index (χ1) is 13.8. The third kappa shape index (κ3) is 5.59. The second kappa shape index (κ2) is 10.9. The fraction of sp³-hybridized carbons (Fsp3) is 0.500. The summed E-state index contributed by atoms with van der Waals surface area (Å²) in [5.74, 6) is 1.80. The van der Waals surface area contributed by atoms with E-state index in [0.29, 0.717) is 13.2 Å². The summed E-state index contributed by atoms with van der Waals surface area (Å²) in [6.07, 6.45) is 4.25. The van der Waals surface area contributed by atoms with Crippen molar-refractivity contribution in [3.8, 4) is 0 Å². The summed E-state index contributed by atoms with van der Waals surface area (Å²) in [6.45, 7) is 7.06. The Morgan fingerprint density at radius 1 is 1.14 bits per heavy atom. The highest BCUT2D eigenvalue weighted by atomic mass is 16.5. The Labute approximate surface area is 168 Å². The van der Waals surface area contributed by atoms with E-state index in [1.54, 1.807) is 13.3 Å². The van der Waals surface area contributed by atoms with Crippen molar-refractivity contribution in [1.82, 2.24) is 15.5 Å². The molecule has 1 aliphatic heterocycles. The number of likely N-dealkylation sites (tertiary alicyclic amines) is 1. The van der Waals surface area contributed by atoms with Gasteiger partial charge in [0.2, 0.25) is 0 Å². The lowest BCUT2D eigenvalue weighted by atomic mass is 10.1. The molecule has 0 saturated carbocycles. The predicted octanol–water partition coefficient (Wildman–Crippen LogP) is 3.32. The van der Waals surface area contributed by atoms with E-state index in [1.807, 2.05) is 13.0 Å². The standard InChI is InChI=1S/C22H32N4O2/c1-3-27-17-19-10-5-4-9-18(19)15-24-22(23-2)25-16-20(21-11-8-14-28-21)26-12-6-7-13-26/h4-5,8-11,14,20H,3,6-7,12-13,15-17H2,1-2H3,(H2,23,24,25). The first-order valence-corrected chi connectivity index (χ1v) is 10.2. The molecule has 0 spiro atoms. The van der Waals surface area contributed by atoms with Gasteiger partial charge in [0.15, 0.2) is 5.96 Å². The highest BCUT2D eigenvalue weighted by molar-refractivity contribution is 5.79. The minimum atomic E-state index is 0.223. The van der Waals surface area contributed by atoms with Crippen molar-refractivity contribution in [2.24, 2.45) is 4.99 Å². The average molecular weight is 385 g/mol. The number of furan rings is 1. The number of rotatable bonds is 9. The van der Waals surface area contributed by atoms with Crippen molar-refractivity contribution >= 4 is 5.96 Å². The van der Waals surface area contributed by atoms with Crippen LogP contribution in [-0.4, -0.2) is 44.1 Å². The molecule has 0 bridgehead atoms. The van der Waals surface area contributed by atoms with Gasteiger partial charge < -0.3 is 19.8 Å². The zero-order valence-electron chi connectivity index (χ0n) is 17.0. The van der Waals surface area contributed by atoms with E-state index in [0.717, 1.165) is 38.0 Å². The molecule has 28 heavy (non-hydrogen) atoms. The molecular weight excluding hydrogens is 352 g/mol. The largest absolute Gasteiger partial charge is 0.468 e. The molecule has 152 valence electrons. The van der Waals surface area contributed by atoms with Crippen molar-refractivity contribution in [1.29, 1.82) is 0 Å². The number of aliphatic imine (C=N–C) groups is 1. The second-order valence-corrected chi connectivity index (χ2v) is 6.99. The summed E-state index contributed by atoms with van der Waals surface area (Å²) < 4.78 is 11.3. The molecule has 0 radical (unpaired) electrons. The van der Waals surface area contributed by atoms with Crippen molar-refractivity contribution in [2.45, 2.75) is 39.0 Å². The number of ether oxygens (including phenoxy) is 1. The molecule has 1 unspecified atom stereocenters. The fourth-order valence-corrected chi connectivity index (χ4v) is 3.62. The van der Waals surface area contributed by atoms with Crippen LogP contribution in [0, 0.1) is 0 Å². The van der Waals surface area contributed by atoms with Crippen LogP contribution in [0.4, 0.5) is 0 Å². The van der Waals surface area contributed by atoms with Crippen LogP contribution in [0.3, 0.4) is 0 Å². The minimum absolute atomic E-state index is 0.223. The van der Waals surface area contributed by atoms with Gasteiger partial charge in [0, 0.05) is 26.7 Å². The number of nitrogens with one attached hydrogen (secondary N) is 2. The Hall–Kier alpha value is -2.31. The van der Waals surface area contributed by atoms with Gasteiger partial charge in [-0.2, -0.15) is 0 Å². The molecule has 1 aromatic carbocycles. The van der Waals surface area contributed by atoms with Gasteiger partial charge in [-0.3, -0.25) is 9.89 Å². The van der Waals surface area contributed by atoms with Crippen LogP contribution in [0.1, 0.15) is 42.7 Å². The predicted molar refractivity (Wildman–Crippen MR) is 112 cm³/mol. The molecule has 2 N–H and O–H groups in total. The zero-order valence-corrected chi connectivity index (χ0v) is 17.0. The molecule has 1 saturated heterocycles. The monoisotopic (exact) mass is 384 g/mol. The van der Waals surface area contributed by atoms with E-state index in [9.17, 15) is 0 Å². The van der Waals surface area contributed by atoms with Gasteiger partial charge in [0.25, 0.3) is 0 Å². The van der Waals surface area contributed by atoms with Gasteiger partial charge in [0.05, 0.1) is 18.9 Å². The van der Waals surface area contributed by atoms with Crippen LogP contribution in [0.25, 0.3) is 0 Å². The molecule has 6 nitrogen and oxygen atoms in total. The van der Waals surface area contributed by atoms with Crippen molar-refractivity contribution < 1.29 is 9.15 Å². The Balaban J connectivity index is 1.57. The molecule has 1 fully saturated rings. The molecule has 0 amide bonds. The lowest BCUT2D eigenvalue weighted by molar-refractivity contribution is 0.133. The van der Waals surface area contributed by atoms with E-state index in [4.69, 9.17) is 9.15 Å². The SMILES string of the molecule is CCOCc1ccccc1CNC(=NC)NCC(c1ccco1)N1CCCC1. The number of nitrogens with zero attached hydrogens (tertiary/aromatic N) is 2. The van der Waals surface area contributed by atoms with Crippen LogP contribution >= 0.6 is 0 Å². The maximum absolute atomic E-state index is 5.70. The second-order valence-electron chi connectivity index (χ2n) is 6.99. The first kappa shape index (κ1) is 20.4. The van der Waals surface area contributed by atoms with E-state index in [2.05, 4.69) is 50.9 Å². The minimum Gasteiger partial charge on any atom is -0.468 e. The van der Waals surface area contributed by atoms with E-state index < -0.39 is 0 Å². The Morgan fingerprint density at radius 2 is 1.93 bits per heavy atom. The summed E-state index contributed by atoms with van der Waals surface area (Å²) >= 11 is 0. The Kier molecular flexibility index (Phi) is 7.94. The topological polar surface area (TPSA) is 62.0 Å². The lowest BCUT2D eigenvalue weighted by Crippen LogP contribution is -2.42. The van der Waals surface area contributed by atoms with E-state index >= 15 is 0 Å². The van der Waals surface area contributed by atoms with Crippen LogP contribution in [0.2, 0.25) is 0 Å². The zero-order chi connectivity index (χ0) is 19.6. The van der Waals surface area contributed by atoms with Crippen LogP contribution < -0.4 is 10.6 Å². The number of guanidine groups is 1. The molecule has 2 aromatic rings. The highest BCUT2D eigenvalue weighted by Crippen LogP contribution is 2.24. The van der Waals surface area contributed by atoms with Crippen LogP contribution in [0.5, 0.6) is 0 Å². The Bertz CT molecular complexity index is 724. The average Bonchev–Trinajstić information content (AvgIpc) is 3.44. The molecule has 1 aliphatic rings. The number of hydrogen-bond acceptors (Lipinski definition) is 4. The van der Waals surface area contributed by atoms with Gasteiger partial charge in [-0.05, 0) is 56.1 Å². The summed E-state index contributed by atoms with van der Waals surface area (Å²) in [4.78, 5) is 6.87. The lowest BCUT2D eigenvalue weighted by Gasteiger charge is -2.26.